The van der Waals surface area contributed by atoms with E-state index in [1.807, 2.05) is 24.3 Å². The quantitative estimate of drug-likeness (QED) is 0.766. The van der Waals surface area contributed by atoms with E-state index in [4.69, 9.17) is 4.99 Å². The zero-order chi connectivity index (χ0) is 13.3. The molecule has 3 nitrogen and oxygen atoms in total. The molecule has 1 amide bonds. The third kappa shape index (κ3) is 1.26. The van der Waals surface area contributed by atoms with Gasteiger partial charge < -0.3 is 5.32 Å². The van der Waals surface area contributed by atoms with Crippen molar-refractivity contribution in [1.29, 1.82) is 0 Å². The molecule has 1 aliphatic heterocycles. The molecule has 5 aliphatic rings. The molecule has 0 saturated heterocycles. The highest BCUT2D eigenvalue weighted by Crippen LogP contribution is 2.60. The molecule has 0 aromatic heterocycles. The number of amides is 1. The van der Waals surface area contributed by atoms with Gasteiger partial charge in [-0.3, -0.25) is 9.79 Å². The first-order valence-electron chi connectivity index (χ1n) is 7.74. The fourth-order valence-corrected chi connectivity index (χ4v) is 5.34. The molecule has 1 aromatic carbocycles. The molecule has 20 heavy (non-hydrogen) atoms. The largest absolute Gasteiger partial charge is 0.323 e. The fraction of sp³-hybridized carbons (Fsp3) is 0.529. The van der Waals surface area contributed by atoms with Crippen LogP contribution in [0.3, 0.4) is 0 Å². The molecule has 4 saturated carbocycles. The number of carbonyl (C=O) groups is 1. The zero-order valence-electron chi connectivity index (χ0n) is 11.4. The summed E-state index contributed by atoms with van der Waals surface area (Å²) in [4.78, 5) is 17.9. The van der Waals surface area contributed by atoms with Crippen LogP contribution in [0.2, 0.25) is 0 Å². The molecule has 4 bridgehead atoms. The van der Waals surface area contributed by atoms with Crippen LogP contribution in [0.4, 0.5) is 11.4 Å². The summed E-state index contributed by atoms with van der Waals surface area (Å²) >= 11 is 0. The number of hydrogen-bond donors (Lipinski definition) is 1. The number of nitrogens with zero attached hydrogens (tertiary/aromatic N) is 1. The van der Waals surface area contributed by atoms with E-state index in [-0.39, 0.29) is 11.3 Å². The first-order chi connectivity index (χ1) is 9.74. The van der Waals surface area contributed by atoms with Gasteiger partial charge in [0.05, 0.1) is 16.8 Å². The molecular weight excluding hydrogens is 248 g/mol. The summed E-state index contributed by atoms with van der Waals surface area (Å²) in [6, 6.07) is 7.96. The fourth-order valence-electron chi connectivity index (χ4n) is 5.34. The maximum Gasteiger partial charge on any atom is 0.236 e. The molecule has 4 fully saturated rings. The molecule has 102 valence electrons. The van der Waals surface area contributed by atoms with Gasteiger partial charge in [-0.05, 0) is 62.0 Å². The molecule has 1 heterocycles. The maximum absolute atomic E-state index is 12.9. The van der Waals surface area contributed by atoms with Crippen molar-refractivity contribution in [3.05, 3.63) is 24.3 Å². The number of rotatable bonds is 0. The van der Waals surface area contributed by atoms with Gasteiger partial charge in [-0.15, -0.1) is 0 Å². The number of anilines is 1. The Morgan fingerprint density at radius 1 is 1.10 bits per heavy atom. The minimum absolute atomic E-state index is 0.209. The summed E-state index contributed by atoms with van der Waals surface area (Å²) in [5, 5.41) is 3.16. The predicted molar refractivity (Wildman–Crippen MR) is 78.2 cm³/mol. The van der Waals surface area contributed by atoms with Crippen LogP contribution in [0.5, 0.6) is 0 Å². The molecule has 1 aromatic rings. The molecule has 0 radical (unpaired) electrons. The number of aliphatic imine (C=N–C) groups is 1. The van der Waals surface area contributed by atoms with Crippen molar-refractivity contribution in [1.82, 2.24) is 0 Å². The topological polar surface area (TPSA) is 41.5 Å². The predicted octanol–water partition coefficient (Wildman–Crippen LogP) is 3.54. The minimum atomic E-state index is -0.284. The van der Waals surface area contributed by atoms with Gasteiger partial charge >= 0.3 is 0 Å². The minimum Gasteiger partial charge on any atom is -0.323 e. The zero-order valence-corrected chi connectivity index (χ0v) is 11.4. The molecular formula is C17H18N2O. The molecule has 2 unspecified atom stereocenters. The van der Waals surface area contributed by atoms with Crippen molar-refractivity contribution in [2.75, 3.05) is 5.32 Å². The van der Waals surface area contributed by atoms with Gasteiger partial charge in [-0.2, -0.15) is 0 Å². The van der Waals surface area contributed by atoms with E-state index in [0.29, 0.717) is 5.92 Å². The standard InChI is InChI=1S/C17H18N2O/c20-16-17-8-10-5-11(9-17)7-12(6-10)15(17)18-13-3-1-2-4-14(13)19-16/h1-4,10-12H,5-9H2,(H,19,20). The van der Waals surface area contributed by atoms with Crippen LogP contribution in [0.1, 0.15) is 32.1 Å². The first kappa shape index (κ1) is 11.1. The van der Waals surface area contributed by atoms with Crippen LogP contribution in [0.15, 0.2) is 29.3 Å². The Kier molecular flexibility index (Phi) is 1.94. The van der Waals surface area contributed by atoms with Crippen molar-refractivity contribution in [2.24, 2.45) is 28.2 Å². The summed E-state index contributed by atoms with van der Waals surface area (Å²) in [7, 11) is 0. The van der Waals surface area contributed by atoms with Crippen LogP contribution in [0, 0.1) is 23.2 Å². The Morgan fingerprint density at radius 2 is 1.85 bits per heavy atom. The van der Waals surface area contributed by atoms with Gasteiger partial charge in [0.15, 0.2) is 0 Å². The van der Waals surface area contributed by atoms with Crippen molar-refractivity contribution < 1.29 is 4.79 Å². The van der Waals surface area contributed by atoms with E-state index in [9.17, 15) is 4.79 Å². The molecule has 2 atom stereocenters. The van der Waals surface area contributed by atoms with Crippen molar-refractivity contribution >= 4 is 23.0 Å². The summed E-state index contributed by atoms with van der Waals surface area (Å²) in [5.41, 5.74) is 2.74. The summed E-state index contributed by atoms with van der Waals surface area (Å²) in [5.74, 6) is 2.26. The van der Waals surface area contributed by atoms with Crippen LogP contribution < -0.4 is 5.32 Å². The Bertz CT molecular complexity index is 634. The van der Waals surface area contributed by atoms with Gasteiger partial charge in [0.1, 0.15) is 0 Å². The number of fused-ring (bicyclic) bond motifs is 1. The highest BCUT2D eigenvalue weighted by atomic mass is 16.2. The highest BCUT2D eigenvalue weighted by Gasteiger charge is 2.59. The SMILES string of the molecule is O=C1Nc2ccccc2N=C2C3CC4CC(C3)CC12C4. The molecule has 6 rings (SSSR count). The van der Waals surface area contributed by atoms with Crippen LogP contribution in [-0.4, -0.2) is 11.6 Å². The lowest BCUT2D eigenvalue weighted by atomic mass is 9.48. The van der Waals surface area contributed by atoms with Gasteiger partial charge in [0, 0.05) is 5.71 Å². The summed E-state index contributed by atoms with van der Waals surface area (Å²) in [6.07, 6.45) is 5.90. The van der Waals surface area contributed by atoms with Crippen LogP contribution >= 0.6 is 0 Å². The second-order valence-electron chi connectivity index (χ2n) is 7.09. The number of carbonyl (C=O) groups excluding carboxylic acids is 1. The number of nitrogens with one attached hydrogen (secondary N) is 1. The van der Waals surface area contributed by atoms with Crippen LogP contribution in [-0.2, 0) is 4.79 Å². The average Bonchev–Trinajstić information content (AvgIpc) is 2.54. The normalized spacial score (nSPS) is 40.5. The Morgan fingerprint density at radius 3 is 2.65 bits per heavy atom. The van der Waals surface area contributed by atoms with E-state index in [1.54, 1.807) is 0 Å². The number of hydrogen-bond acceptors (Lipinski definition) is 2. The molecule has 4 aliphatic carbocycles. The lowest BCUT2D eigenvalue weighted by Crippen LogP contribution is -2.58. The van der Waals surface area contributed by atoms with Gasteiger partial charge in [-0.25, -0.2) is 0 Å². The Hall–Kier alpha value is -1.64. The molecule has 1 N–H and O–H groups in total. The smallest absolute Gasteiger partial charge is 0.236 e. The monoisotopic (exact) mass is 266 g/mol. The third-order valence-electron chi connectivity index (χ3n) is 5.88. The first-order valence-corrected chi connectivity index (χ1v) is 7.74. The van der Waals surface area contributed by atoms with E-state index >= 15 is 0 Å². The Balaban J connectivity index is 1.73. The second kappa shape index (κ2) is 3.51. The van der Waals surface area contributed by atoms with Gasteiger partial charge in [-0.1, -0.05) is 12.1 Å². The number of benzene rings is 1. The van der Waals surface area contributed by atoms with Crippen LogP contribution in [0.25, 0.3) is 0 Å². The second-order valence-corrected chi connectivity index (χ2v) is 7.09. The molecule has 1 spiro atoms. The van der Waals surface area contributed by atoms with E-state index in [1.165, 1.54) is 25.0 Å². The lowest BCUT2D eigenvalue weighted by Gasteiger charge is -2.55. The van der Waals surface area contributed by atoms with E-state index in [0.717, 1.165) is 36.1 Å². The van der Waals surface area contributed by atoms with E-state index < -0.39 is 0 Å². The van der Waals surface area contributed by atoms with Crippen molar-refractivity contribution in [3.8, 4) is 0 Å². The molecule has 3 heteroatoms. The number of para-hydroxylation sites is 2. The summed E-state index contributed by atoms with van der Waals surface area (Å²) in [6.45, 7) is 0. The van der Waals surface area contributed by atoms with Crippen molar-refractivity contribution in [3.63, 3.8) is 0 Å². The maximum atomic E-state index is 12.9. The summed E-state index contributed by atoms with van der Waals surface area (Å²) < 4.78 is 0. The van der Waals surface area contributed by atoms with Crippen molar-refractivity contribution in [2.45, 2.75) is 32.1 Å². The van der Waals surface area contributed by atoms with Gasteiger partial charge in [0.25, 0.3) is 0 Å². The third-order valence-corrected chi connectivity index (χ3v) is 5.88. The Labute approximate surface area is 118 Å². The highest BCUT2D eigenvalue weighted by molar-refractivity contribution is 6.18. The lowest BCUT2D eigenvalue weighted by molar-refractivity contribution is -0.128. The average molecular weight is 266 g/mol. The van der Waals surface area contributed by atoms with E-state index in [2.05, 4.69) is 5.32 Å². The van der Waals surface area contributed by atoms with Gasteiger partial charge in [0.2, 0.25) is 5.91 Å².